The van der Waals surface area contributed by atoms with Crippen molar-refractivity contribution in [2.24, 2.45) is 0 Å². The number of ether oxygens (including phenoxy) is 6. The largest absolute Gasteiger partial charge is 0.457 e. The van der Waals surface area contributed by atoms with Crippen LogP contribution >= 0.6 is 0 Å². The highest BCUT2D eigenvalue weighted by Gasteiger charge is 2.47. The molecule has 2 aliphatic heterocycles. The van der Waals surface area contributed by atoms with Gasteiger partial charge in [-0.2, -0.15) is 0 Å². The third kappa shape index (κ3) is 30.3. The molecule has 11 unspecified atom stereocenters. The first-order valence-corrected chi connectivity index (χ1v) is 27.9. The second kappa shape index (κ2) is 42.9. The Balaban J connectivity index is 1.74. The molecule has 2 heterocycles. The number of carbonyl (C=O) groups excluding carboxylic acids is 1. The van der Waals surface area contributed by atoms with Crippen molar-refractivity contribution in [3.63, 3.8) is 0 Å². The number of hydrogen-bond acceptors (Lipinski definition) is 14. The van der Waals surface area contributed by atoms with Crippen LogP contribution in [0.3, 0.4) is 0 Å². The standard InChI is InChI=1S/C55H102O14/c1-3-5-7-9-11-13-15-17-19-21-22-24-26-28-30-32-34-36-38-47(57)67-44(41-64-39-37-35-33-31-29-27-25-23-20-18-16-14-12-10-8-6-4-2)42-65-54-53(63)51(61)49(59)46(69-54)43-66-55-52(62)50(60)48(58)45(40-56)68-55/h19-21,23,44-46,48-56,58-63H,3-18,22,24-43H2,1-2H3/b21-19-,23-20-. The van der Waals surface area contributed by atoms with Crippen LogP contribution in [0.4, 0.5) is 0 Å². The van der Waals surface area contributed by atoms with Gasteiger partial charge in [-0.1, -0.05) is 173 Å². The summed E-state index contributed by atoms with van der Waals surface area (Å²) in [6.45, 7) is 3.69. The monoisotopic (exact) mass is 987 g/mol. The summed E-state index contributed by atoms with van der Waals surface area (Å²) in [6.07, 6.45) is 30.9. The molecule has 2 rings (SSSR count). The van der Waals surface area contributed by atoms with Gasteiger partial charge >= 0.3 is 5.97 Å². The maximum atomic E-state index is 13.0. The molecule has 2 aliphatic rings. The first-order chi connectivity index (χ1) is 33.6. The number of carbonyl (C=O) groups is 1. The lowest BCUT2D eigenvalue weighted by Gasteiger charge is -2.42. The molecule has 0 spiro atoms. The van der Waals surface area contributed by atoms with Crippen LogP contribution in [0, 0.1) is 0 Å². The molecule has 7 N–H and O–H groups in total. The summed E-state index contributed by atoms with van der Waals surface area (Å²) in [4.78, 5) is 13.0. The molecule has 0 aromatic carbocycles. The molecule has 0 radical (unpaired) electrons. The van der Waals surface area contributed by atoms with Gasteiger partial charge in [0.15, 0.2) is 12.6 Å². The maximum absolute atomic E-state index is 13.0. The van der Waals surface area contributed by atoms with Crippen LogP contribution in [0.25, 0.3) is 0 Å². The van der Waals surface area contributed by atoms with E-state index in [2.05, 4.69) is 38.2 Å². The molecule has 0 bridgehead atoms. The second-order valence-electron chi connectivity index (χ2n) is 19.8. The van der Waals surface area contributed by atoms with Crippen LogP contribution in [-0.2, 0) is 33.2 Å². The van der Waals surface area contributed by atoms with E-state index in [1.54, 1.807) is 0 Å². The van der Waals surface area contributed by atoms with Crippen LogP contribution in [0.15, 0.2) is 24.3 Å². The van der Waals surface area contributed by atoms with E-state index >= 15 is 0 Å². The van der Waals surface area contributed by atoms with Crippen LogP contribution in [0.2, 0.25) is 0 Å². The Morgan fingerprint density at radius 1 is 0.464 bits per heavy atom. The predicted molar refractivity (Wildman–Crippen MR) is 270 cm³/mol. The minimum atomic E-state index is -1.71. The molecule has 2 saturated heterocycles. The number of aliphatic hydroxyl groups is 7. The van der Waals surface area contributed by atoms with Gasteiger partial charge in [-0.25, -0.2) is 0 Å². The number of allylic oxidation sites excluding steroid dienone is 4. The molecule has 2 fully saturated rings. The second-order valence-corrected chi connectivity index (χ2v) is 19.8. The van der Waals surface area contributed by atoms with E-state index in [-0.39, 0.29) is 25.6 Å². The Morgan fingerprint density at radius 2 is 0.855 bits per heavy atom. The van der Waals surface area contributed by atoms with Crippen LogP contribution in [0.1, 0.15) is 219 Å². The molecule has 0 amide bonds. The highest BCUT2D eigenvalue weighted by Crippen LogP contribution is 2.26. The fraction of sp³-hybridized carbons (Fsp3) is 0.909. The third-order valence-corrected chi connectivity index (χ3v) is 13.4. The Morgan fingerprint density at radius 3 is 1.32 bits per heavy atom. The van der Waals surface area contributed by atoms with E-state index in [1.165, 1.54) is 141 Å². The minimum absolute atomic E-state index is 0.0584. The van der Waals surface area contributed by atoms with Gasteiger partial charge in [0.25, 0.3) is 0 Å². The lowest BCUT2D eigenvalue weighted by molar-refractivity contribution is -0.332. The highest BCUT2D eigenvalue weighted by atomic mass is 16.7. The van der Waals surface area contributed by atoms with Gasteiger partial charge in [-0.15, -0.1) is 0 Å². The van der Waals surface area contributed by atoms with Gasteiger partial charge in [0.1, 0.15) is 54.9 Å². The van der Waals surface area contributed by atoms with Gasteiger partial charge in [0.2, 0.25) is 0 Å². The normalized spacial score (nSPS) is 25.8. The summed E-state index contributed by atoms with van der Waals surface area (Å²) in [6, 6.07) is 0. The zero-order valence-corrected chi connectivity index (χ0v) is 43.3. The predicted octanol–water partition coefficient (Wildman–Crippen LogP) is 9.19. The molecule has 0 aromatic rings. The van der Waals surface area contributed by atoms with E-state index in [0.29, 0.717) is 13.0 Å². The number of hydrogen-bond donors (Lipinski definition) is 7. The number of unbranched alkanes of at least 4 members (excludes halogenated alkanes) is 27. The fourth-order valence-corrected chi connectivity index (χ4v) is 8.86. The van der Waals surface area contributed by atoms with Crippen molar-refractivity contribution < 1.29 is 69.0 Å². The van der Waals surface area contributed by atoms with Gasteiger partial charge in [-0.3, -0.25) is 4.79 Å². The summed E-state index contributed by atoms with van der Waals surface area (Å²) in [5.74, 6) is -0.380. The quantitative estimate of drug-likeness (QED) is 0.0172. The molecule has 14 nitrogen and oxygen atoms in total. The number of rotatable bonds is 45. The third-order valence-electron chi connectivity index (χ3n) is 13.4. The molecule has 0 aromatic heterocycles. The van der Waals surface area contributed by atoms with E-state index in [1.807, 2.05) is 0 Å². The lowest BCUT2D eigenvalue weighted by atomic mass is 9.98. The highest BCUT2D eigenvalue weighted by molar-refractivity contribution is 5.69. The SMILES string of the molecule is CCCCCCCCC/C=C\CCCCCCCCCC(=O)OC(COCCCCCCCC/C=C\CCCCCCCCC)COC1OC(COC2OC(CO)C(O)C(O)C2O)C(O)C(O)C1O. The Labute approximate surface area is 417 Å². The van der Waals surface area contributed by atoms with Crippen molar-refractivity contribution in [3.05, 3.63) is 24.3 Å². The van der Waals surface area contributed by atoms with E-state index in [0.717, 1.165) is 51.4 Å². The van der Waals surface area contributed by atoms with E-state index < -0.39 is 80.7 Å². The number of esters is 1. The molecule has 69 heavy (non-hydrogen) atoms. The smallest absolute Gasteiger partial charge is 0.306 e. The first-order valence-electron chi connectivity index (χ1n) is 27.9. The average Bonchev–Trinajstić information content (AvgIpc) is 3.35. The van der Waals surface area contributed by atoms with Crippen LogP contribution < -0.4 is 0 Å². The molecular formula is C55H102O14. The molecule has 0 aliphatic carbocycles. The minimum Gasteiger partial charge on any atom is -0.457 e. The summed E-state index contributed by atoms with van der Waals surface area (Å²) >= 11 is 0. The molecule has 406 valence electrons. The van der Waals surface area contributed by atoms with Gasteiger partial charge in [0, 0.05) is 13.0 Å². The molecule has 14 heteroatoms. The van der Waals surface area contributed by atoms with Gasteiger partial charge < -0.3 is 64.2 Å². The summed E-state index contributed by atoms with van der Waals surface area (Å²) in [7, 11) is 0. The number of aliphatic hydroxyl groups excluding tert-OH is 7. The van der Waals surface area contributed by atoms with E-state index in [9.17, 15) is 40.5 Å². The summed E-state index contributed by atoms with van der Waals surface area (Å²) < 4.78 is 34.3. The Hall–Kier alpha value is -1.53. The summed E-state index contributed by atoms with van der Waals surface area (Å²) in [5.41, 5.74) is 0. The average molecular weight is 987 g/mol. The topological polar surface area (TPSA) is 214 Å². The molecule has 11 atom stereocenters. The van der Waals surface area contributed by atoms with Crippen molar-refractivity contribution in [1.29, 1.82) is 0 Å². The van der Waals surface area contributed by atoms with Crippen LogP contribution in [0.5, 0.6) is 0 Å². The van der Waals surface area contributed by atoms with Crippen molar-refractivity contribution in [3.8, 4) is 0 Å². The zero-order valence-electron chi connectivity index (χ0n) is 43.3. The van der Waals surface area contributed by atoms with Crippen molar-refractivity contribution in [2.45, 2.75) is 287 Å². The Kier molecular flexibility index (Phi) is 39.6. The van der Waals surface area contributed by atoms with E-state index in [4.69, 9.17) is 28.4 Å². The Bertz CT molecular complexity index is 1240. The van der Waals surface area contributed by atoms with Crippen molar-refractivity contribution in [2.75, 3.05) is 33.0 Å². The fourth-order valence-electron chi connectivity index (χ4n) is 8.86. The van der Waals surface area contributed by atoms with Gasteiger partial charge in [0.05, 0.1) is 26.4 Å². The molecular weight excluding hydrogens is 885 g/mol. The first kappa shape index (κ1) is 63.6. The lowest BCUT2D eigenvalue weighted by Crippen LogP contribution is -2.61. The molecule has 0 saturated carbocycles. The van der Waals surface area contributed by atoms with Crippen molar-refractivity contribution in [1.82, 2.24) is 0 Å². The zero-order chi connectivity index (χ0) is 50.2. The van der Waals surface area contributed by atoms with Crippen LogP contribution in [-0.4, -0.2) is 142 Å². The maximum Gasteiger partial charge on any atom is 0.306 e. The summed E-state index contributed by atoms with van der Waals surface area (Å²) in [5, 5.41) is 72.2. The van der Waals surface area contributed by atoms with Crippen molar-refractivity contribution >= 4 is 5.97 Å². The van der Waals surface area contributed by atoms with Gasteiger partial charge in [-0.05, 0) is 64.2 Å².